The van der Waals surface area contributed by atoms with Crippen molar-refractivity contribution in [2.24, 2.45) is 4.99 Å². The molecule has 24 heavy (non-hydrogen) atoms. The molecule has 0 bridgehead atoms. The van der Waals surface area contributed by atoms with Gasteiger partial charge in [-0.2, -0.15) is 0 Å². The van der Waals surface area contributed by atoms with Crippen LogP contribution in [0.1, 0.15) is 32.3 Å². The van der Waals surface area contributed by atoms with E-state index in [1.807, 2.05) is 12.1 Å². The fourth-order valence-corrected chi connectivity index (χ4v) is 3.51. The van der Waals surface area contributed by atoms with E-state index in [9.17, 15) is 0 Å². The fraction of sp³-hybridized carbons (Fsp3) is 0.611. The summed E-state index contributed by atoms with van der Waals surface area (Å²) < 4.78 is 5.72. The molecule has 1 aliphatic heterocycles. The molecule has 4 nitrogen and oxygen atoms in total. The van der Waals surface area contributed by atoms with Gasteiger partial charge in [0.15, 0.2) is 5.96 Å². The fourth-order valence-electron chi connectivity index (χ4n) is 2.94. The van der Waals surface area contributed by atoms with Gasteiger partial charge in [-0.05, 0) is 56.9 Å². The molecule has 0 spiro atoms. The number of guanidine groups is 1. The summed E-state index contributed by atoms with van der Waals surface area (Å²) in [6.07, 6.45) is 3.33. The first-order valence-electron chi connectivity index (χ1n) is 8.72. The molecule has 1 N–H and O–H groups in total. The van der Waals surface area contributed by atoms with E-state index in [1.54, 1.807) is 6.07 Å². The lowest BCUT2D eigenvalue weighted by molar-refractivity contribution is 0.0264. The third-order valence-electron chi connectivity index (χ3n) is 4.06. The maximum Gasteiger partial charge on any atom is 0.193 e. The molecule has 134 valence electrons. The van der Waals surface area contributed by atoms with Crippen molar-refractivity contribution in [1.82, 2.24) is 10.2 Å². The van der Waals surface area contributed by atoms with Crippen molar-refractivity contribution in [3.63, 3.8) is 0 Å². The third-order valence-corrected chi connectivity index (χ3v) is 4.50. The molecule has 1 fully saturated rings. The van der Waals surface area contributed by atoms with E-state index >= 15 is 0 Å². The lowest BCUT2D eigenvalue weighted by Gasteiger charge is -2.34. The average molecular weight is 372 g/mol. The monoisotopic (exact) mass is 371 g/mol. The van der Waals surface area contributed by atoms with E-state index in [-0.39, 0.29) is 0 Å². The Bertz CT molecular complexity index is 523. The topological polar surface area (TPSA) is 36.9 Å². The molecule has 0 amide bonds. The molecule has 1 aromatic carbocycles. The number of nitrogens with zero attached hydrogens (tertiary/aromatic N) is 2. The van der Waals surface area contributed by atoms with Gasteiger partial charge < -0.3 is 15.0 Å². The van der Waals surface area contributed by atoms with Gasteiger partial charge in [-0.1, -0.05) is 23.2 Å². The second kappa shape index (κ2) is 10.1. The molecule has 0 atom stereocenters. The summed E-state index contributed by atoms with van der Waals surface area (Å²) in [6, 6.07) is 5.65. The SMILES string of the molecule is CCNC(=NCCc1cc(Cl)cc(Cl)c1)N1CCC(OCC)CC1. The molecule has 0 saturated carbocycles. The Morgan fingerprint density at radius 1 is 1.21 bits per heavy atom. The lowest BCUT2D eigenvalue weighted by Crippen LogP contribution is -2.47. The number of rotatable bonds is 6. The number of benzene rings is 1. The predicted octanol–water partition coefficient (Wildman–Crippen LogP) is 4.00. The summed E-state index contributed by atoms with van der Waals surface area (Å²) >= 11 is 12.1. The number of likely N-dealkylation sites (tertiary alicyclic amines) is 1. The van der Waals surface area contributed by atoms with Gasteiger partial charge in [0.05, 0.1) is 6.10 Å². The minimum absolute atomic E-state index is 0.391. The molecule has 0 radical (unpaired) electrons. The third kappa shape index (κ3) is 6.15. The normalized spacial score (nSPS) is 16.5. The minimum Gasteiger partial charge on any atom is -0.378 e. The first-order chi connectivity index (χ1) is 11.6. The summed E-state index contributed by atoms with van der Waals surface area (Å²) in [5.74, 6) is 0.987. The summed E-state index contributed by atoms with van der Waals surface area (Å²) in [5.41, 5.74) is 1.11. The molecule has 0 aromatic heterocycles. The highest BCUT2D eigenvalue weighted by molar-refractivity contribution is 6.34. The summed E-state index contributed by atoms with van der Waals surface area (Å²) in [7, 11) is 0. The second-order valence-electron chi connectivity index (χ2n) is 5.91. The Labute approximate surface area is 155 Å². The first-order valence-corrected chi connectivity index (χ1v) is 9.47. The van der Waals surface area contributed by atoms with Gasteiger partial charge in [0.1, 0.15) is 0 Å². The zero-order valence-electron chi connectivity index (χ0n) is 14.5. The number of ether oxygens (including phenoxy) is 1. The Morgan fingerprint density at radius 2 is 1.88 bits per heavy atom. The molecular weight excluding hydrogens is 345 g/mol. The second-order valence-corrected chi connectivity index (χ2v) is 6.78. The Balaban J connectivity index is 1.91. The summed E-state index contributed by atoms with van der Waals surface area (Å²) in [5, 5.41) is 4.74. The van der Waals surface area contributed by atoms with Crippen molar-refractivity contribution < 1.29 is 4.74 Å². The first kappa shape index (κ1) is 19.4. The van der Waals surface area contributed by atoms with Crippen molar-refractivity contribution in [2.45, 2.75) is 39.2 Å². The van der Waals surface area contributed by atoms with Crippen LogP contribution in [0.3, 0.4) is 0 Å². The van der Waals surface area contributed by atoms with E-state index < -0.39 is 0 Å². The number of piperidine rings is 1. The number of aliphatic imine (C=N–C) groups is 1. The van der Waals surface area contributed by atoms with Crippen LogP contribution >= 0.6 is 23.2 Å². The van der Waals surface area contributed by atoms with Gasteiger partial charge in [0.25, 0.3) is 0 Å². The molecule has 0 unspecified atom stereocenters. The smallest absolute Gasteiger partial charge is 0.193 e. The van der Waals surface area contributed by atoms with Gasteiger partial charge in [0.2, 0.25) is 0 Å². The Morgan fingerprint density at radius 3 is 2.46 bits per heavy atom. The summed E-state index contributed by atoms with van der Waals surface area (Å²) in [6.45, 7) is 8.50. The zero-order valence-corrected chi connectivity index (χ0v) is 16.0. The largest absolute Gasteiger partial charge is 0.378 e. The molecule has 1 saturated heterocycles. The summed E-state index contributed by atoms with van der Waals surface area (Å²) in [4.78, 5) is 7.09. The highest BCUT2D eigenvalue weighted by Gasteiger charge is 2.21. The van der Waals surface area contributed by atoms with Crippen LogP contribution in [0.15, 0.2) is 23.2 Å². The van der Waals surface area contributed by atoms with Crippen LogP contribution in [0.25, 0.3) is 0 Å². The maximum absolute atomic E-state index is 6.05. The highest BCUT2D eigenvalue weighted by Crippen LogP contribution is 2.19. The van der Waals surface area contributed by atoms with E-state index in [0.29, 0.717) is 22.7 Å². The molecule has 2 rings (SSSR count). The van der Waals surface area contributed by atoms with Gasteiger partial charge in [0, 0.05) is 42.8 Å². The van der Waals surface area contributed by atoms with Crippen LogP contribution in [0, 0.1) is 0 Å². The van der Waals surface area contributed by atoms with Gasteiger partial charge in [-0.3, -0.25) is 4.99 Å². The van der Waals surface area contributed by atoms with Crippen LogP contribution in [0.2, 0.25) is 10.0 Å². The molecule has 6 heteroatoms. The molecule has 1 aromatic rings. The quantitative estimate of drug-likeness (QED) is 0.606. The van der Waals surface area contributed by atoms with Gasteiger partial charge in [-0.25, -0.2) is 0 Å². The van der Waals surface area contributed by atoms with Crippen molar-refractivity contribution in [3.8, 4) is 0 Å². The number of halogens is 2. The highest BCUT2D eigenvalue weighted by atomic mass is 35.5. The molecule has 1 aliphatic rings. The van der Waals surface area contributed by atoms with Crippen LogP contribution in [-0.4, -0.2) is 49.7 Å². The van der Waals surface area contributed by atoms with E-state index in [0.717, 1.165) is 57.0 Å². The van der Waals surface area contributed by atoms with Crippen molar-refractivity contribution in [3.05, 3.63) is 33.8 Å². The van der Waals surface area contributed by atoms with Crippen LogP contribution in [-0.2, 0) is 11.2 Å². The number of hydrogen-bond donors (Lipinski definition) is 1. The zero-order chi connectivity index (χ0) is 17.4. The van der Waals surface area contributed by atoms with E-state index in [2.05, 4.69) is 24.1 Å². The molecule has 1 heterocycles. The van der Waals surface area contributed by atoms with Crippen molar-refractivity contribution in [1.29, 1.82) is 0 Å². The molecular formula is C18H27Cl2N3O. The van der Waals surface area contributed by atoms with Crippen molar-refractivity contribution in [2.75, 3.05) is 32.8 Å². The average Bonchev–Trinajstić information content (AvgIpc) is 2.54. The van der Waals surface area contributed by atoms with E-state index in [1.165, 1.54) is 0 Å². The standard InChI is InChI=1S/C18H27Cl2N3O/c1-3-21-18(23-9-6-17(7-10-23)24-4-2)22-8-5-14-11-15(19)13-16(20)12-14/h11-13,17H,3-10H2,1-2H3,(H,21,22). The predicted molar refractivity (Wildman–Crippen MR) is 102 cm³/mol. The van der Waals surface area contributed by atoms with Crippen LogP contribution in [0.4, 0.5) is 0 Å². The molecule has 0 aliphatic carbocycles. The Kier molecular flexibility index (Phi) is 8.16. The van der Waals surface area contributed by atoms with Crippen molar-refractivity contribution >= 4 is 29.2 Å². The van der Waals surface area contributed by atoms with Gasteiger partial charge >= 0.3 is 0 Å². The van der Waals surface area contributed by atoms with E-state index in [4.69, 9.17) is 32.9 Å². The van der Waals surface area contributed by atoms with Crippen LogP contribution < -0.4 is 5.32 Å². The minimum atomic E-state index is 0.391. The van der Waals surface area contributed by atoms with Gasteiger partial charge in [-0.15, -0.1) is 0 Å². The van der Waals surface area contributed by atoms with Crippen LogP contribution in [0.5, 0.6) is 0 Å². The maximum atomic E-state index is 6.05. The lowest BCUT2D eigenvalue weighted by atomic mass is 10.1. The Hall–Kier alpha value is -0.970. The number of hydrogen-bond acceptors (Lipinski definition) is 2. The number of nitrogens with one attached hydrogen (secondary N) is 1.